The van der Waals surface area contributed by atoms with Crippen LogP contribution in [0.2, 0.25) is 0 Å². The van der Waals surface area contributed by atoms with Gasteiger partial charge in [-0.2, -0.15) is 0 Å². The van der Waals surface area contributed by atoms with E-state index < -0.39 is 0 Å². The van der Waals surface area contributed by atoms with Gasteiger partial charge in [-0.25, -0.2) is 15.5 Å². The van der Waals surface area contributed by atoms with Crippen molar-refractivity contribution in [2.24, 2.45) is 0 Å². The van der Waals surface area contributed by atoms with Crippen LogP contribution in [0, 0.1) is 23.7 Å². The molecule has 0 fully saturated rings. The van der Waals surface area contributed by atoms with Crippen LogP contribution in [-0.2, 0) is 6.61 Å². The van der Waals surface area contributed by atoms with Gasteiger partial charge in [0.05, 0.1) is 12.3 Å². The van der Waals surface area contributed by atoms with Crippen LogP contribution in [0.5, 0.6) is 0 Å². The van der Waals surface area contributed by atoms with Crippen molar-refractivity contribution in [2.45, 2.75) is 6.61 Å². The minimum Gasteiger partial charge on any atom is -0.390 e. The third-order valence-electron chi connectivity index (χ3n) is 0.732. The molecule has 7 heteroatoms. The normalized spacial score (nSPS) is 6.23. The quantitative estimate of drug-likeness (QED) is 0.609. The second-order valence-corrected chi connectivity index (χ2v) is 2.22. The van der Waals surface area contributed by atoms with Crippen molar-refractivity contribution in [2.75, 3.05) is 5.73 Å². The number of aromatic nitrogens is 1. The number of nitrogens with two attached hydrogens (primary N) is 1. The molecular formula is C6H11N5OS. The summed E-state index contributed by atoms with van der Waals surface area (Å²) < 4.78 is 0. The smallest absolute Gasteiger partial charge is 0.180 e. The van der Waals surface area contributed by atoms with Crippen molar-refractivity contribution < 1.29 is 5.11 Å². The molecule has 0 radical (unpaired) electrons. The minimum absolute atomic E-state index is 0. The molecule has 0 atom stereocenters. The van der Waals surface area contributed by atoms with Gasteiger partial charge in [-0.15, -0.1) is 11.3 Å². The molecule has 6 N–H and O–H groups in total. The first-order chi connectivity index (χ1) is 5.83. The Balaban J connectivity index is -0.000000178. The van der Waals surface area contributed by atoms with Crippen LogP contribution >= 0.6 is 11.3 Å². The van der Waals surface area contributed by atoms with E-state index in [1.807, 2.05) is 0 Å². The predicted octanol–water partition coefficient (Wildman–Crippen LogP) is 0.659. The van der Waals surface area contributed by atoms with E-state index in [4.69, 9.17) is 21.4 Å². The Morgan fingerprint density at radius 3 is 2.08 bits per heavy atom. The Hall–Kier alpha value is -1.67. The topological polar surface area (TPSA) is 142 Å². The molecule has 0 aliphatic carbocycles. The highest BCUT2D eigenvalue weighted by Crippen LogP contribution is 2.09. The lowest BCUT2D eigenvalue weighted by Crippen LogP contribution is -1.84. The van der Waals surface area contributed by atoms with E-state index >= 15 is 0 Å². The molecule has 0 amide bonds. The number of rotatable bonds is 1. The Morgan fingerprint density at radius 1 is 1.46 bits per heavy atom. The zero-order chi connectivity index (χ0) is 9.98. The third kappa shape index (κ3) is 8.23. The lowest BCUT2D eigenvalue weighted by Gasteiger charge is -1.79. The van der Waals surface area contributed by atoms with Crippen LogP contribution in [0.1, 0.15) is 5.69 Å². The molecule has 0 saturated heterocycles. The summed E-state index contributed by atoms with van der Waals surface area (Å²) in [6.45, 7) is 6.98. The first kappa shape index (κ1) is 17.4. The van der Waals surface area contributed by atoms with E-state index in [0.29, 0.717) is 10.8 Å². The molecule has 1 heterocycles. The van der Waals surface area contributed by atoms with Gasteiger partial charge in [0.25, 0.3) is 0 Å². The summed E-state index contributed by atoms with van der Waals surface area (Å²) >= 11 is 1.34. The van der Waals surface area contributed by atoms with Gasteiger partial charge in [0.15, 0.2) is 5.13 Å². The number of aliphatic hydroxyl groups excluding tert-OH is 1. The maximum absolute atomic E-state index is 8.44. The van der Waals surface area contributed by atoms with Gasteiger partial charge < -0.3 is 17.0 Å². The highest BCUT2D eigenvalue weighted by Gasteiger charge is 1.92. The number of nitrogen functional groups attached to an aromatic ring is 1. The summed E-state index contributed by atoms with van der Waals surface area (Å²) in [5.41, 5.74) is 5.90. The van der Waals surface area contributed by atoms with Crippen LogP contribution in [0.4, 0.5) is 5.13 Å². The lowest BCUT2D eigenvalue weighted by molar-refractivity contribution is 0.278. The summed E-state index contributed by atoms with van der Waals surface area (Å²) in [5.74, 6) is 0. The fraction of sp³-hybridized carbons (Fsp3) is 0.167. The Bertz CT molecular complexity index is 237. The van der Waals surface area contributed by atoms with Crippen molar-refractivity contribution in [3.63, 3.8) is 0 Å². The predicted molar refractivity (Wildman–Crippen MR) is 50.8 cm³/mol. The van der Waals surface area contributed by atoms with Crippen molar-refractivity contribution in [3.8, 4) is 13.1 Å². The number of thiazole rings is 1. The minimum atomic E-state index is -0.0201. The second kappa shape index (κ2) is 13.0. The summed E-state index contributed by atoms with van der Waals surface area (Å²) in [6, 6.07) is 0. The highest BCUT2D eigenvalue weighted by atomic mass is 32.1. The van der Waals surface area contributed by atoms with Crippen LogP contribution < -0.4 is 11.9 Å². The van der Waals surface area contributed by atoms with Crippen molar-refractivity contribution in [1.29, 1.82) is 10.5 Å². The van der Waals surface area contributed by atoms with Crippen LogP contribution in [0.15, 0.2) is 5.38 Å². The maximum atomic E-state index is 8.44. The third-order valence-corrected chi connectivity index (χ3v) is 1.45. The van der Waals surface area contributed by atoms with E-state index in [-0.39, 0.29) is 12.8 Å². The monoisotopic (exact) mass is 201 g/mol. The molecule has 13 heavy (non-hydrogen) atoms. The maximum Gasteiger partial charge on any atom is 0.180 e. The number of hydrogen-bond acceptors (Lipinski definition) is 7. The molecule has 0 saturated carbocycles. The molecule has 0 aliphatic rings. The Labute approximate surface area is 80.5 Å². The Morgan fingerprint density at radius 2 is 1.92 bits per heavy atom. The number of anilines is 1. The second-order valence-electron chi connectivity index (χ2n) is 1.34. The first-order valence-corrected chi connectivity index (χ1v) is 3.53. The van der Waals surface area contributed by atoms with Crippen molar-refractivity contribution >= 4 is 16.5 Å². The summed E-state index contributed by atoms with van der Waals surface area (Å²) in [6.07, 6.45) is 0. The molecule has 1 rings (SSSR count). The van der Waals surface area contributed by atoms with Crippen LogP contribution in [-0.4, -0.2) is 10.1 Å². The van der Waals surface area contributed by atoms with Crippen molar-refractivity contribution in [1.82, 2.24) is 11.1 Å². The lowest BCUT2D eigenvalue weighted by atomic mass is 10.5. The van der Waals surface area contributed by atoms with Gasteiger partial charge in [0.1, 0.15) is 0 Å². The molecular weight excluding hydrogens is 190 g/mol. The number of nitrogens with zero attached hydrogens (tertiary/aromatic N) is 3. The standard InChI is InChI=1S/C4H6N2OS.2CHN.H3N/c5-4-6-3(1-7)2-8-4;2*1-2;/h2,7H,1H2,(H2,5,6);2*1H;1H3. The fourth-order valence-corrected chi connectivity index (χ4v) is 0.949. The molecule has 0 bridgehead atoms. The zero-order valence-electron chi connectivity index (χ0n) is 6.92. The van der Waals surface area contributed by atoms with Crippen LogP contribution in [0.25, 0.3) is 0 Å². The Kier molecular flexibility index (Phi) is 17.4. The molecule has 72 valence electrons. The molecule has 1 aromatic heterocycles. The number of nitriles is 2. The van der Waals surface area contributed by atoms with E-state index in [1.54, 1.807) is 5.38 Å². The SMILES string of the molecule is C#N.C#N.N.Nc1nc(CO)cs1. The largest absolute Gasteiger partial charge is 0.390 e. The summed E-state index contributed by atoms with van der Waals surface area (Å²) in [4.78, 5) is 3.78. The van der Waals surface area contributed by atoms with Gasteiger partial charge in [-0.1, -0.05) is 0 Å². The molecule has 0 unspecified atom stereocenters. The summed E-state index contributed by atoms with van der Waals surface area (Å²) in [7, 11) is 0. The van der Waals surface area contributed by atoms with Gasteiger partial charge in [-0.3, -0.25) is 0 Å². The van der Waals surface area contributed by atoms with Crippen LogP contribution in [0.3, 0.4) is 0 Å². The van der Waals surface area contributed by atoms with E-state index in [0.717, 1.165) is 0 Å². The van der Waals surface area contributed by atoms with E-state index in [2.05, 4.69) is 18.1 Å². The number of hydrogen-bond donors (Lipinski definition) is 3. The summed E-state index contributed by atoms with van der Waals surface area (Å²) in [5, 5.41) is 23.7. The van der Waals surface area contributed by atoms with Crippen molar-refractivity contribution in [3.05, 3.63) is 11.1 Å². The van der Waals surface area contributed by atoms with E-state index in [9.17, 15) is 0 Å². The first-order valence-electron chi connectivity index (χ1n) is 2.65. The average molecular weight is 201 g/mol. The fourth-order valence-electron chi connectivity index (χ4n) is 0.395. The molecule has 1 aromatic rings. The molecule has 0 aliphatic heterocycles. The molecule has 0 aromatic carbocycles. The molecule has 0 spiro atoms. The average Bonchev–Trinajstić information content (AvgIpc) is 2.58. The van der Waals surface area contributed by atoms with Gasteiger partial charge in [0.2, 0.25) is 0 Å². The van der Waals surface area contributed by atoms with Gasteiger partial charge in [0, 0.05) is 18.5 Å². The number of aliphatic hydroxyl groups is 1. The highest BCUT2D eigenvalue weighted by molar-refractivity contribution is 7.13. The van der Waals surface area contributed by atoms with Gasteiger partial charge >= 0.3 is 0 Å². The van der Waals surface area contributed by atoms with E-state index in [1.165, 1.54) is 11.3 Å². The molecule has 6 nitrogen and oxygen atoms in total. The zero-order valence-corrected chi connectivity index (χ0v) is 7.74. The van der Waals surface area contributed by atoms with Gasteiger partial charge in [-0.05, 0) is 0 Å².